The van der Waals surface area contributed by atoms with Gasteiger partial charge in [-0.05, 0) is 5.92 Å². The average Bonchev–Trinajstić information content (AvgIpc) is 2.77. The number of hydrogen-bond acceptors (Lipinski definition) is 4. The summed E-state index contributed by atoms with van der Waals surface area (Å²) in [4.78, 5) is 10.9. The molecule has 0 bridgehead atoms. The number of alkyl carbamates (subject to hydrolysis) is 1. The topological polar surface area (TPSA) is 71.1 Å². The summed E-state index contributed by atoms with van der Waals surface area (Å²) in [6.07, 6.45) is -1.54. The molecule has 0 aromatic rings. The maximum absolute atomic E-state index is 10.9. The highest BCUT2D eigenvalue weighted by atomic mass is 16.7. The minimum Gasteiger partial charge on any atom is -0.453 e. The fraction of sp³-hybridized carbons (Fsp3) is 0.875. The molecule has 0 aromatic carbocycles. The highest BCUT2D eigenvalue weighted by Crippen LogP contribution is 2.26. The van der Waals surface area contributed by atoms with Crippen molar-refractivity contribution < 1.29 is 19.4 Å². The van der Waals surface area contributed by atoms with Gasteiger partial charge in [-0.2, -0.15) is 0 Å². The molecular weight excluding hydrogens is 174 g/mol. The van der Waals surface area contributed by atoms with Gasteiger partial charge >= 0.3 is 6.09 Å². The number of aliphatic hydroxyl groups excluding tert-OH is 1. The molecule has 1 aliphatic rings. The van der Waals surface area contributed by atoms with Crippen molar-refractivity contribution in [2.45, 2.75) is 32.3 Å². The van der Waals surface area contributed by atoms with E-state index in [4.69, 9.17) is 9.84 Å². The summed E-state index contributed by atoms with van der Waals surface area (Å²) >= 11 is 0. The molecule has 13 heavy (non-hydrogen) atoms. The van der Waals surface area contributed by atoms with Crippen LogP contribution >= 0.6 is 0 Å². The van der Waals surface area contributed by atoms with Gasteiger partial charge in [0.25, 0.3) is 0 Å². The Morgan fingerprint density at radius 1 is 1.62 bits per heavy atom. The van der Waals surface area contributed by atoms with Gasteiger partial charge in [0, 0.05) is 0 Å². The van der Waals surface area contributed by atoms with Gasteiger partial charge in [0.1, 0.15) is 6.10 Å². The van der Waals surface area contributed by atoms with E-state index in [1.54, 1.807) is 0 Å². The van der Waals surface area contributed by atoms with Crippen molar-refractivity contribution in [1.29, 1.82) is 0 Å². The molecule has 1 heterocycles. The third-order valence-corrected chi connectivity index (χ3v) is 2.04. The fourth-order valence-corrected chi connectivity index (χ4v) is 1.20. The Hall–Kier alpha value is -0.810. The number of rotatable bonds is 3. The summed E-state index contributed by atoms with van der Waals surface area (Å²) in [6.45, 7) is 3.88. The van der Waals surface area contributed by atoms with Gasteiger partial charge in [0.15, 0.2) is 6.29 Å². The number of carbonyl (C=O) groups excluding carboxylic acids is 1. The lowest BCUT2D eigenvalue weighted by Gasteiger charge is -2.18. The summed E-state index contributed by atoms with van der Waals surface area (Å²) in [5.74, 6) is 0.196. The van der Waals surface area contributed by atoms with Gasteiger partial charge in [0.2, 0.25) is 0 Å². The largest absolute Gasteiger partial charge is 0.453 e. The number of amides is 1. The number of epoxide rings is 1. The van der Waals surface area contributed by atoms with E-state index in [0.29, 0.717) is 0 Å². The van der Waals surface area contributed by atoms with Crippen LogP contribution < -0.4 is 5.32 Å². The standard InChI is InChI=1S/C8H15NO4/c1-4(2)5(6-7(10)13-6)9-8(11)12-3/h4-7,10H,1-3H3,(H,9,11)/t5-,6?,7?/m0/s1. The van der Waals surface area contributed by atoms with Gasteiger partial charge in [-0.1, -0.05) is 13.8 Å². The van der Waals surface area contributed by atoms with Crippen LogP contribution in [0, 0.1) is 5.92 Å². The van der Waals surface area contributed by atoms with E-state index in [9.17, 15) is 4.79 Å². The van der Waals surface area contributed by atoms with Crippen molar-refractivity contribution in [1.82, 2.24) is 5.32 Å². The summed E-state index contributed by atoms with van der Waals surface area (Å²) in [7, 11) is 1.30. The van der Waals surface area contributed by atoms with Crippen molar-refractivity contribution in [3.8, 4) is 0 Å². The summed E-state index contributed by atoms with van der Waals surface area (Å²) in [5.41, 5.74) is 0. The third kappa shape index (κ3) is 2.57. The normalized spacial score (nSPS) is 28.4. The average molecular weight is 189 g/mol. The first kappa shape index (κ1) is 10.3. The lowest BCUT2D eigenvalue weighted by Crippen LogP contribution is -2.43. The van der Waals surface area contributed by atoms with E-state index in [0.717, 1.165) is 0 Å². The zero-order valence-electron chi connectivity index (χ0n) is 7.98. The predicted molar refractivity (Wildman–Crippen MR) is 45.0 cm³/mol. The third-order valence-electron chi connectivity index (χ3n) is 2.04. The van der Waals surface area contributed by atoms with E-state index in [-0.39, 0.29) is 18.1 Å². The number of aliphatic hydroxyl groups is 1. The molecule has 3 atom stereocenters. The first-order valence-electron chi connectivity index (χ1n) is 4.24. The van der Waals surface area contributed by atoms with Gasteiger partial charge in [-0.15, -0.1) is 0 Å². The molecule has 1 rings (SSSR count). The van der Waals surface area contributed by atoms with Gasteiger partial charge < -0.3 is 19.9 Å². The summed E-state index contributed by atoms with van der Waals surface area (Å²) in [6, 6.07) is -0.192. The Labute approximate surface area is 77.0 Å². The molecule has 1 amide bonds. The molecule has 5 heteroatoms. The van der Waals surface area contributed by atoms with E-state index in [1.165, 1.54) is 7.11 Å². The first-order chi connectivity index (χ1) is 6.06. The number of carbonyl (C=O) groups is 1. The molecule has 2 unspecified atom stereocenters. The molecule has 1 fully saturated rings. The number of nitrogens with one attached hydrogen (secondary N) is 1. The molecular formula is C8H15NO4. The second kappa shape index (κ2) is 3.93. The summed E-state index contributed by atoms with van der Waals surface area (Å²) < 4.78 is 9.33. The first-order valence-corrected chi connectivity index (χ1v) is 4.24. The lowest BCUT2D eigenvalue weighted by molar-refractivity contribution is 0.152. The maximum Gasteiger partial charge on any atom is 0.407 e. The zero-order valence-corrected chi connectivity index (χ0v) is 7.98. The fourth-order valence-electron chi connectivity index (χ4n) is 1.20. The van der Waals surface area contributed by atoms with Crippen LogP contribution in [-0.2, 0) is 9.47 Å². The van der Waals surface area contributed by atoms with Crippen molar-refractivity contribution in [3.63, 3.8) is 0 Å². The highest BCUT2D eigenvalue weighted by Gasteiger charge is 2.45. The van der Waals surface area contributed by atoms with Crippen LogP contribution in [0.3, 0.4) is 0 Å². The molecule has 0 spiro atoms. The zero-order chi connectivity index (χ0) is 10.0. The molecule has 2 N–H and O–H groups in total. The predicted octanol–water partition coefficient (Wildman–Crippen LogP) is 0.0842. The molecule has 1 aliphatic heterocycles. The molecule has 0 radical (unpaired) electrons. The SMILES string of the molecule is COC(=O)N[C@@H](C(C)C)C1OC1O. The van der Waals surface area contributed by atoms with Crippen LogP contribution in [0.1, 0.15) is 13.8 Å². The molecule has 0 aromatic heterocycles. The number of hydrogen-bond donors (Lipinski definition) is 2. The smallest absolute Gasteiger partial charge is 0.407 e. The van der Waals surface area contributed by atoms with Crippen LogP contribution in [0.4, 0.5) is 4.79 Å². The van der Waals surface area contributed by atoms with Gasteiger partial charge in [-0.25, -0.2) is 4.79 Å². The Morgan fingerprint density at radius 2 is 2.15 bits per heavy atom. The van der Waals surface area contributed by atoms with Crippen LogP contribution in [0.15, 0.2) is 0 Å². The summed E-state index contributed by atoms with van der Waals surface area (Å²) in [5, 5.41) is 11.6. The molecule has 0 aliphatic carbocycles. The van der Waals surface area contributed by atoms with Crippen molar-refractivity contribution in [2.75, 3.05) is 7.11 Å². The van der Waals surface area contributed by atoms with Crippen molar-refractivity contribution in [2.24, 2.45) is 5.92 Å². The van der Waals surface area contributed by atoms with Crippen molar-refractivity contribution >= 4 is 6.09 Å². The quantitative estimate of drug-likeness (QED) is 0.617. The minimum absolute atomic E-state index is 0.192. The van der Waals surface area contributed by atoms with Gasteiger partial charge in [-0.3, -0.25) is 0 Å². The van der Waals surface area contributed by atoms with E-state index in [2.05, 4.69) is 10.1 Å². The van der Waals surface area contributed by atoms with Crippen LogP contribution in [0.5, 0.6) is 0 Å². The van der Waals surface area contributed by atoms with Crippen molar-refractivity contribution in [3.05, 3.63) is 0 Å². The Bertz CT molecular complexity index is 195. The Morgan fingerprint density at radius 3 is 2.46 bits per heavy atom. The molecule has 0 saturated carbocycles. The van der Waals surface area contributed by atoms with Gasteiger partial charge in [0.05, 0.1) is 13.2 Å². The van der Waals surface area contributed by atoms with Crippen LogP contribution in [0.2, 0.25) is 0 Å². The van der Waals surface area contributed by atoms with E-state index in [1.807, 2.05) is 13.8 Å². The van der Waals surface area contributed by atoms with E-state index < -0.39 is 12.4 Å². The van der Waals surface area contributed by atoms with E-state index >= 15 is 0 Å². The molecule has 76 valence electrons. The monoisotopic (exact) mass is 189 g/mol. The number of ether oxygens (including phenoxy) is 2. The second-order valence-electron chi connectivity index (χ2n) is 3.40. The molecule has 5 nitrogen and oxygen atoms in total. The Kier molecular flexibility index (Phi) is 3.11. The highest BCUT2D eigenvalue weighted by molar-refractivity contribution is 5.67. The number of methoxy groups -OCH3 is 1. The minimum atomic E-state index is -0.746. The maximum atomic E-state index is 10.9. The lowest BCUT2D eigenvalue weighted by atomic mass is 10.0. The van der Waals surface area contributed by atoms with Crippen LogP contribution in [-0.4, -0.2) is 36.7 Å². The Balaban J connectivity index is 2.44. The second-order valence-corrected chi connectivity index (χ2v) is 3.40. The molecule has 1 saturated heterocycles. The van der Waals surface area contributed by atoms with Crippen LogP contribution in [0.25, 0.3) is 0 Å².